The first-order chi connectivity index (χ1) is 10.6. The second-order valence-corrected chi connectivity index (χ2v) is 4.86. The van der Waals surface area contributed by atoms with Crippen LogP contribution in [-0.4, -0.2) is 43.3 Å². The summed E-state index contributed by atoms with van der Waals surface area (Å²) in [6, 6.07) is 7.09. The maximum absolute atomic E-state index is 10.9. The van der Waals surface area contributed by atoms with Gasteiger partial charge in [-0.15, -0.1) is 0 Å². The van der Waals surface area contributed by atoms with E-state index in [0.717, 1.165) is 0 Å². The number of hydrogen-bond donors (Lipinski definition) is 2. The van der Waals surface area contributed by atoms with E-state index in [1.807, 2.05) is 0 Å². The zero-order valence-electron chi connectivity index (χ0n) is 12.6. The summed E-state index contributed by atoms with van der Waals surface area (Å²) < 4.78 is 15.1. The van der Waals surface area contributed by atoms with Crippen molar-refractivity contribution in [1.82, 2.24) is 10.2 Å². The van der Waals surface area contributed by atoms with E-state index in [0.29, 0.717) is 24.6 Å². The Hall–Kier alpha value is -2.25. The first kappa shape index (κ1) is 16.1. The number of cyclic esters (lactones) is 1. The molecular weight excluding hydrogens is 288 g/mol. The number of amides is 1. The number of ether oxygens (including phenoxy) is 1. The molecule has 2 aromatic rings. The van der Waals surface area contributed by atoms with Gasteiger partial charge in [0.2, 0.25) is 0 Å². The van der Waals surface area contributed by atoms with Crippen LogP contribution < -0.4 is 5.32 Å². The highest BCUT2D eigenvalue weighted by molar-refractivity contribution is 5.69. The van der Waals surface area contributed by atoms with Crippen molar-refractivity contribution < 1.29 is 23.5 Å². The van der Waals surface area contributed by atoms with Crippen LogP contribution in [0.3, 0.4) is 0 Å². The molecule has 1 amide bonds. The lowest BCUT2D eigenvalue weighted by Crippen LogP contribution is -2.17. The van der Waals surface area contributed by atoms with Crippen LogP contribution in [0.1, 0.15) is 23.7 Å². The van der Waals surface area contributed by atoms with Gasteiger partial charge in [-0.1, -0.05) is 0 Å². The van der Waals surface area contributed by atoms with Crippen molar-refractivity contribution in [2.75, 3.05) is 27.2 Å². The smallest absolute Gasteiger partial charge is 0.410 e. The van der Waals surface area contributed by atoms with Gasteiger partial charge in [-0.3, -0.25) is 0 Å². The molecule has 1 saturated heterocycles. The number of aliphatic hydroxyl groups excluding tert-OH is 1. The Morgan fingerprint density at radius 1 is 1.36 bits per heavy atom. The maximum atomic E-state index is 10.9. The van der Waals surface area contributed by atoms with E-state index in [4.69, 9.17) is 13.6 Å². The number of hydrogen-bond acceptors (Lipinski definition) is 6. The van der Waals surface area contributed by atoms with Gasteiger partial charge < -0.3 is 28.9 Å². The van der Waals surface area contributed by atoms with Crippen molar-refractivity contribution in [2.45, 2.75) is 12.2 Å². The second-order valence-electron chi connectivity index (χ2n) is 4.86. The number of nitrogens with zero attached hydrogens (tertiary/aromatic N) is 1. The number of furan rings is 2. The summed E-state index contributed by atoms with van der Waals surface area (Å²) in [6.45, 7) is 1.08. The molecule has 1 aliphatic rings. The Balaban J connectivity index is 0.000000164. The Kier molecular flexibility index (Phi) is 5.62. The third kappa shape index (κ3) is 4.12. The molecule has 0 aliphatic carbocycles. The van der Waals surface area contributed by atoms with Gasteiger partial charge in [-0.2, -0.15) is 0 Å². The summed E-state index contributed by atoms with van der Waals surface area (Å²) >= 11 is 0. The largest absolute Gasteiger partial charge is 0.467 e. The van der Waals surface area contributed by atoms with Gasteiger partial charge in [0.15, 0.2) is 6.10 Å². The number of aliphatic hydroxyl groups is 1. The molecule has 1 fully saturated rings. The minimum atomic E-state index is -0.528. The average molecular weight is 308 g/mol. The summed E-state index contributed by atoms with van der Waals surface area (Å²) in [7, 11) is 3.48. The molecule has 2 N–H and O–H groups in total. The standard InChI is InChI=1S/C8H9NO3.C7H11NO2/c1-9-5-7(12-8(9)10)6-3-2-4-11-6;1-8-5-6(9)7-3-2-4-10-7/h2-4,7H,5H2,1H3;2-4,6,8-9H,5H2,1H3/t7-;6-/m11/s1. The fourth-order valence-electron chi connectivity index (χ4n) is 1.97. The van der Waals surface area contributed by atoms with E-state index in [2.05, 4.69) is 5.32 Å². The van der Waals surface area contributed by atoms with Crippen molar-refractivity contribution in [3.05, 3.63) is 48.3 Å². The maximum Gasteiger partial charge on any atom is 0.410 e. The lowest BCUT2D eigenvalue weighted by Gasteiger charge is -2.04. The van der Waals surface area contributed by atoms with Gasteiger partial charge in [0, 0.05) is 13.6 Å². The zero-order valence-corrected chi connectivity index (χ0v) is 12.6. The highest BCUT2D eigenvalue weighted by atomic mass is 16.6. The van der Waals surface area contributed by atoms with Crippen molar-refractivity contribution in [1.29, 1.82) is 0 Å². The minimum Gasteiger partial charge on any atom is -0.467 e. The Labute approximate surface area is 128 Å². The second kappa shape index (κ2) is 7.67. The summed E-state index contributed by atoms with van der Waals surface area (Å²) in [5, 5.41) is 12.1. The molecule has 0 unspecified atom stereocenters. The molecule has 2 atom stereocenters. The van der Waals surface area contributed by atoms with Crippen LogP contribution in [0.15, 0.2) is 45.6 Å². The van der Waals surface area contributed by atoms with Gasteiger partial charge in [0.25, 0.3) is 0 Å². The molecule has 2 aromatic heterocycles. The van der Waals surface area contributed by atoms with E-state index in [9.17, 15) is 9.90 Å². The molecule has 22 heavy (non-hydrogen) atoms. The molecule has 0 aromatic carbocycles. The minimum absolute atomic E-state index is 0.238. The Bertz CT molecular complexity index is 553. The molecule has 1 aliphatic heterocycles. The number of likely N-dealkylation sites (N-methyl/N-ethyl adjacent to an activating group) is 2. The van der Waals surface area contributed by atoms with E-state index in [1.54, 1.807) is 50.9 Å². The molecule has 3 rings (SSSR count). The van der Waals surface area contributed by atoms with E-state index < -0.39 is 6.10 Å². The molecule has 7 nitrogen and oxygen atoms in total. The van der Waals surface area contributed by atoms with E-state index in [-0.39, 0.29) is 12.2 Å². The number of nitrogens with one attached hydrogen (secondary N) is 1. The van der Waals surface area contributed by atoms with Gasteiger partial charge in [0.05, 0.1) is 19.1 Å². The fraction of sp³-hybridized carbons (Fsp3) is 0.400. The topological polar surface area (TPSA) is 88.1 Å². The van der Waals surface area contributed by atoms with Crippen LogP contribution in [0, 0.1) is 0 Å². The molecule has 120 valence electrons. The zero-order chi connectivity index (χ0) is 15.9. The summed E-state index contributed by atoms with van der Waals surface area (Å²) in [5.74, 6) is 1.31. The third-order valence-corrected chi connectivity index (χ3v) is 3.12. The van der Waals surface area contributed by atoms with Crippen molar-refractivity contribution in [3.63, 3.8) is 0 Å². The first-order valence-corrected chi connectivity index (χ1v) is 6.93. The average Bonchev–Trinajstić information content (AvgIpc) is 3.22. The molecule has 0 bridgehead atoms. The normalized spacial score (nSPS) is 18.6. The van der Waals surface area contributed by atoms with Crippen LogP contribution >= 0.6 is 0 Å². The number of carbonyl (C=O) groups is 1. The van der Waals surface area contributed by atoms with Crippen LogP contribution in [0.2, 0.25) is 0 Å². The Morgan fingerprint density at radius 2 is 2.09 bits per heavy atom. The number of carbonyl (C=O) groups excluding carboxylic acids is 1. The van der Waals surface area contributed by atoms with E-state index >= 15 is 0 Å². The van der Waals surface area contributed by atoms with Crippen LogP contribution in [0.4, 0.5) is 4.79 Å². The molecule has 3 heterocycles. The highest BCUT2D eigenvalue weighted by Crippen LogP contribution is 2.24. The van der Waals surface area contributed by atoms with Crippen LogP contribution in [-0.2, 0) is 4.74 Å². The summed E-state index contributed by atoms with van der Waals surface area (Å²) in [4.78, 5) is 12.5. The lowest BCUT2D eigenvalue weighted by molar-refractivity contribution is 0.124. The highest BCUT2D eigenvalue weighted by Gasteiger charge is 2.31. The molecule has 0 radical (unpaired) electrons. The van der Waals surface area contributed by atoms with Gasteiger partial charge in [-0.05, 0) is 31.3 Å². The Morgan fingerprint density at radius 3 is 2.59 bits per heavy atom. The van der Waals surface area contributed by atoms with Crippen molar-refractivity contribution in [2.24, 2.45) is 0 Å². The molecule has 7 heteroatoms. The first-order valence-electron chi connectivity index (χ1n) is 6.93. The van der Waals surface area contributed by atoms with Crippen molar-refractivity contribution in [3.8, 4) is 0 Å². The number of rotatable bonds is 4. The predicted octanol–water partition coefficient (Wildman–Crippen LogP) is 1.94. The summed E-state index contributed by atoms with van der Waals surface area (Å²) in [6.07, 6.45) is 2.06. The molecule has 0 spiro atoms. The van der Waals surface area contributed by atoms with Crippen LogP contribution in [0.5, 0.6) is 0 Å². The third-order valence-electron chi connectivity index (χ3n) is 3.12. The van der Waals surface area contributed by atoms with Crippen LogP contribution in [0.25, 0.3) is 0 Å². The fourth-order valence-corrected chi connectivity index (χ4v) is 1.97. The van der Waals surface area contributed by atoms with Gasteiger partial charge >= 0.3 is 6.09 Å². The monoisotopic (exact) mass is 308 g/mol. The SMILES string of the molecule is CN1C[C@H](c2ccco2)OC1=O.CNC[C@@H](O)c1ccco1. The molecule has 0 saturated carbocycles. The molecular formula is C15H20N2O5. The van der Waals surface area contributed by atoms with Crippen molar-refractivity contribution >= 4 is 6.09 Å². The quantitative estimate of drug-likeness (QED) is 0.897. The predicted molar refractivity (Wildman–Crippen MR) is 78.2 cm³/mol. The lowest BCUT2D eigenvalue weighted by atomic mass is 10.3. The van der Waals surface area contributed by atoms with Gasteiger partial charge in [-0.25, -0.2) is 4.79 Å². The van der Waals surface area contributed by atoms with E-state index in [1.165, 1.54) is 4.90 Å². The summed E-state index contributed by atoms with van der Waals surface area (Å²) in [5.41, 5.74) is 0. The van der Waals surface area contributed by atoms with Gasteiger partial charge in [0.1, 0.15) is 17.6 Å².